The van der Waals surface area contributed by atoms with Crippen molar-refractivity contribution in [3.63, 3.8) is 0 Å². The summed E-state index contributed by atoms with van der Waals surface area (Å²) in [5.41, 5.74) is 0.947. The van der Waals surface area contributed by atoms with Gasteiger partial charge in [-0.2, -0.15) is 8.42 Å². The van der Waals surface area contributed by atoms with Crippen LogP contribution in [0.5, 0.6) is 5.75 Å². The first-order valence-electron chi connectivity index (χ1n) is 7.90. The molecule has 0 heterocycles. The van der Waals surface area contributed by atoms with E-state index in [1.165, 1.54) is 0 Å². The molecule has 1 amide bonds. The maximum Gasteiger partial charge on any atom is 0.306 e. The van der Waals surface area contributed by atoms with Crippen molar-refractivity contribution in [1.82, 2.24) is 4.90 Å². The second-order valence-electron chi connectivity index (χ2n) is 6.31. The quantitative estimate of drug-likeness (QED) is 0.681. The minimum atomic E-state index is -3.52. The van der Waals surface area contributed by atoms with E-state index < -0.39 is 10.1 Å². The highest BCUT2D eigenvalue weighted by Crippen LogP contribution is 2.18. The summed E-state index contributed by atoms with van der Waals surface area (Å²) >= 11 is 0. The zero-order chi connectivity index (χ0) is 17.6. The first kappa shape index (κ1) is 19.5. The number of rotatable bonds is 8. The topological polar surface area (TPSA) is 63.7 Å². The summed E-state index contributed by atoms with van der Waals surface area (Å²) < 4.78 is 27.0. The molecular formula is C17H27NO4S. The Hall–Kier alpha value is -1.56. The molecule has 1 aromatic rings. The first-order chi connectivity index (χ1) is 10.6. The molecule has 0 N–H and O–H groups in total. The Morgan fingerprint density at radius 2 is 1.74 bits per heavy atom. The van der Waals surface area contributed by atoms with Crippen molar-refractivity contribution in [2.75, 3.05) is 6.26 Å². The molecule has 0 fully saturated rings. The highest BCUT2D eigenvalue weighted by molar-refractivity contribution is 7.86. The Labute approximate surface area is 139 Å². The second kappa shape index (κ2) is 8.34. The summed E-state index contributed by atoms with van der Waals surface area (Å²) in [6.45, 7) is 8.68. The molecule has 0 aliphatic heterocycles. The summed E-state index contributed by atoms with van der Waals surface area (Å²) in [7, 11) is -3.52. The van der Waals surface area contributed by atoms with Gasteiger partial charge in [-0.1, -0.05) is 32.9 Å². The van der Waals surface area contributed by atoms with Crippen LogP contribution in [0.2, 0.25) is 0 Å². The van der Waals surface area contributed by atoms with E-state index in [2.05, 4.69) is 6.92 Å². The summed E-state index contributed by atoms with van der Waals surface area (Å²) in [5.74, 6) is 0.741. The van der Waals surface area contributed by atoms with E-state index >= 15 is 0 Å². The van der Waals surface area contributed by atoms with Gasteiger partial charge in [0, 0.05) is 19.0 Å². The van der Waals surface area contributed by atoms with Crippen LogP contribution in [0.3, 0.4) is 0 Å². The summed E-state index contributed by atoms with van der Waals surface area (Å²) in [4.78, 5) is 14.3. The molecule has 1 aromatic carbocycles. The fourth-order valence-corrected chi connectivity index (χ4v) is 2.66. The van der Waals surface area contributed by atoms with Gasteiger partial charge in [0.1, 0.15) is 5.75 Å². The number of carbonyl (C=O) groups is 1. The van der Waals surface area contributed by atoms with Crippen LogP contribution in [-0.2, 0) is 21.5 Å². The SMILES string of the molecule is CCC(C)N(Cc1ccc(OS(C)(=O)=O)cc1)C(=O)CC(C)C. The third-order valence-electron chi connectivity index (χ3n) is 3.55. The molecular weight excluding hydrogens is 314 g/mol. The van der Waals surface area contributed by atoms with Gasteiger partial charge >= 0.3 is 10.1 Å². The van der Waals surface area contributed by atoms with E-state index in [9.17, 15) is 13.2 Å². The average Bonchev–Trinajstić information content (AvgIpc) is 2.43. The maximum atomic E-state index is 12.4. The molecule has 130 valence electrons. The standard InChI is InChI=1S/C17H27NO4S/c1-6-14(4)18(17(19)11-13(2)3)12-15-7-9-16(10-8-15)22-23(5,20)21/h7-10,13-14H,6,11-12H2,1-5H3. The molecule has 0 aliphatic carbocycles. The van der Waals surface area contributed by atoms with E-state index in [1.54, 1.807) is 24.3 Å². The fourth-order valence-electron chi connectivity index (χ4n) is 2.20. The smallest absolute Gasteiger partial charge is 0.306 e. The fraction of sp³-hybridized carbons (Fsp3) is 0.588. The Morgan fingerprint density at radius 1 is 1.17 bits per heavy atom. The van der Waals surface area contributed by atoms with Gasteiger partial charge in [-0.3, -0.25) is 4.79 Å². The molecule has 0 aliphatic rings. The largest absolute Gasteiger partial charge is 0.383 e. The van der Waals surface area contributed by atoms with Gasteiger partial charge in [0.25, 0.3) is 0 Å². The Morgan fingerprint density at radius 3 is 2.17 bits per heavy atom. The number of amides is 1. The van der Waals surface area contributed by atoms with Crippen molar-refractivity contribution in [3.8, 4) is 5.75 Å². The lowest BCUT2D eigenvalue weighted by Gasteiger charge is -2.29. The van der Waals surface area contributed by atoms with Gasteiger partial charge < -0.3 is 9.08 Å². The number of nitrogens with zero attached hydrogens (tertiary/aromatic N) is 1. The molecule has 1 atom stereocenters. The average molecular weight is 341 g/mol. The lowest BCUT2D eigenvalue weighted by atomic mass is 10.1. The van der Waals surface area contributed by atoms with Crippen molar-refractivity contribution < 1.29 is 17.4 Å². The highest BCUT2D eigenvalue weighted by Gasteiger charge is 2.20. The zero-order valence-corrected chi connectivity index (χ0v) is 15.4. The van der Waals surface area contributed by atoms with Gasteiger partial charge in [0.05, 0.1) is 6.26 Å². The number of benzene rings is 1. The normalized spacial score (nSPS) is 13.0. The summed E-state index contributed by atoms with van der Waals surface area (Å²) in [5, 5.41) is 0. The summed E-state index contributed by atoms with van der Waals surface area (Å²) in [6.07, 6.45) is 2.43. The van der Waals surface area contributed by atoms with Crippen molar-refractivity contribution in [2.45, 2.75) is 53.1 Å². The van der Waals surface area contributed by atoms with Crippen molar-refractivity contribution in [2.24, 2.45) is 5.92 Å². The summed E-state index contributed by atoms with van der Waals surface area (Å²) in [6, 6.07) is 6.96. The van der Waals surface area contributed by atoms with Crippen LogP contribution < -0.4 is 4.18 Å². The number of hydrogen-bond donors (Lipinski definition) is 0. The van der Waals surface area contributed by atoms with Crippen LogP contribution in [0.4, 0.5) is 0 Å². The lowest BCUT2D eigenvalue weighted by Crippen LogP contribution is -2.38. The van der Waals surface area contributed by atoms with Crippen molar-refractivity contribution >= 4 is 16.0 Å². The second-order valence-corrected chi connectivity index (χ2v) is 7.88. The molecule has 1 unspecified atom stereocenters. The van der Waals surface area contributed by atoms with Gasteiger partial charge in [0.15, 0.2) is 0 Å². The number of carbonyl (C=O) groups excluding carboxylic acids is 1. The third-order valence-corrected chi connectivity index (χ3v) is 4.05. The molecule has 1 rings (SSSR count). The van der Waals surface area contributed by atoms with Crippen LogP contribution in [0.15, 0.2) is 24.3 Å². The predicted molar refractivity (Wildman–Crippen MR) is 91.7 cm³/mol. The van der Waals surface area contributed by atoms with E-state index in [0.717, 1.165) is 18.2 Å². The number of hydrogen-bond acceptors (Lipinski definition) is 4. The molecule has 5 nitrogen and oxygen atoms in total. The van der Waals surface area contributed by atoms with Gasteiger partial charge in [-0.15, -0.1) is 0 Å². The molecule has 0 bridgehead atoms. The third kappa shape index (κ3) is 7.03. The zero-order valence-electron chi connectivity index (χ0n) is 14.6. The molecule has 0 spiro atoms. The van der Waals surface area contributed by atoms with Crippen LogP contribution in [0, 0.1) is 5.92 Å². The van der Waals surface area contributed by atoms with Crippen LogP contribution in [0.25, 0.3) is 0 Å². The van der Waals surface area contributed by atoms with Crippen LogP contribution in [0.1, 0.15) is 46.1 Å². The van der Waals surface area contributed by atoms with E-state index in [0.29, 0.717) is 18.9 Å². The van der Waals surface area contributed by atoms with Gasteiger partial charge in [-0.25, -0.2) is 0 Å². The highest BCUT2D eigenvalue weighted by atomic mass is 32.2. The van der Waals surface area contributed by atoms with E-state index in [4.69, 9.17) is 4.18 Å². The molecule has 0 saturated carbocycles. The van der Waals surface area contributed by atoms with Crippen molar-refractivity contribution in [3.05, 3.63) is 29.8 Å². The first-order valence-corrected chi connectivity index (χ1v) is 9.72. The maximum absolute atomic E-state index is 12.4. The molecule has 0 aromatic heterocycles. The van der Waals surface area contributed by atoms with Gasteiger partial charge in [-0.05, 0) is 37.0 Å². The van der Waals surface area contributed by atoms with Crippen LogP contribution in [-0.4, -0.2) is 31.5 Å². The monoisotopic (exact) mass is 341 g/mol. The Balaban J connectivity index is 2.85. The molecule has 23 heavy (non-hydrogen) atoms. The van der Waals surface area contributed by atoms with Crippen molar-refractivity contribution in [1.29, 1.82) is 0 Å². The van der Waals surface area contributed by atoms with E-state index in [1.807, 2.05) is 25.7 Å². The van der Waals surface area contributed by atoms with E-state index in [-0.39, 0.29) is 17.7 Å². The van der Waals surface area contributed by atoms with Crippen LogP contribution >= 0.6 is 0 Å². The van der Waals surface area contributed by atoms with Gasteiger partial charge in [0.2, 0.25) is 5.91 Å². The minimum Gasteiger partial charge on any atom is -0.383 e. The molecule has 6 heteroatoms. The Bertz CT molecular complexity index is 608. The molecule has 0 radical (unpaired) electrons. The molecule has 0 saturated heterocycles. The minimum absolute atomic E-state index is 0.144. The lowest BCUT2D eigenvalue weighted by molar-refractivity contribution is -0.134. The Kier molecular flexibility index (Phi) is 7.06. The predicted octanol–water partition coefficient (Wildman–Crippen LogP) is 3.20.